The summed E-state index contributed by atoms with van der Waals surface area (Å²) in [7, 11) is 0. The zero-order valence-corrected chi connectivity index (χ0v) is 11.4. The minimum atomic E-state index is -0.524. The summed E-state index contributed by atoms with van der Waals surface area (Å²) in [6, 6.07) is 9.34. The van der Waals surface area contributed by atoms with Crippen molar-refractivity contribution >= 4 is 5.78 Å². The fourth-order valence-corrected chi connectivity index (χ4v) is 2.65. The number of hydrogen-bond acceptors (Lipinski definition) is 3. The van der Waals surface area contributed by atoms with Crippen LogP contribution in [-0.4, -0.2) is 5.78 Å². The van der Waals surface area contributed by atoms with E-state index in [9.17, 15) is 9.18 Å². The van der Waals surface area contributed by atoms with Crippen LogP contribution in [0.2, 0.25) is 0 Å². The molecule has 0 heterocycles. The molecule has 0 aliphatic heterocycles. The number of halogens is 1. The number of benzene rings is 2. The maximum atomic E-state index is 13.4. The molecule has 0 saturated heterocycles. The maximum absolute atomic E-state index is 13.4. The molecule has 0 bridgehead atoms. The lowest BCUT2D eigenvalue weighted by Crippen LogP contribution is -1.97. The Morgan fingerprint density at radius 1 is 1.24 bits per heavy atom. The summed E-state index contributed by atoms with van der Waals surface area (Å²) < 4.78 is 19.1. The van der Waals surface area contributed by atoms with E-state index in [1.807, 2.05) is 19.1 Å². The van der Waals surface area contributed by atoms with Gasteiger partial charge in [-0.2, -0.15) is 5.26 Å². The zero-order chi connectivity index (χ0) is 15.0. The van der Waals surface area contributed by atoms with Gasteiger partial charge in [0.05, 0.1) is 11.6 Å². The lowest BCUT2D eigenvalue weighted by atomic mass is 10.0. The van der Waals surface area contributed by atoms with Crippen LogP contribution in [0.3, 0.4) is 0 Å². The first kappa shape index (κ1) is 13.3. The Kier molecular flexibility index (Phi) is 3.19. The van der Waals surface area contributed by atoms with Crippen molar-refractivity contribution < 1.29 is 13.9 Å². The van der Waals surface area contributed by atoms with Crippen molar-refractivity contribution in [2.75, 3.05) is 0 Å². The van der Waals surface area contributed by atoms with Crippen LogP contribution < -0.4 is 4.74 Å². The van der Waals surface area contributed by atoms with Gasteiger partial charge >= 0.3 is 0 Å². The van der Waals surface area contributed by atoms with Crippen LogP contribution in [0.5, 0.6) is 11.5 Å². The molecule has 104 valence electrons. The van der Waals surface area contributed by atoms with Gasteiger partial charge in [-0.15, -0.1) is 0 Å². The third-order valence-corrected chi connectivity index (χ3v) is 3.59. The third kappa shape index (κ3) is 2.38. The Morgan fingerprint density at radius 2 is 2.05 bits per heavy atom. The molecule has 2 aromatic rings. The van der Waals surface area contributed by atoms with Gasteiger partial charge in [0.15, 0.2) is 5.78 Å². The van der Waals surface area contributed by atoms with E-state index >= 15 is 0 Å². The van der Waals surface area contributed by atoms with Crippen molar-refractivity contribution in [3.63, 3.8) is 0 Å². The molecular weight excluding hydrogens is 269 g/mol. The van der Waals surface area contributed by atoms with Gasteiger partial charge in [0.2, 0.25) is 0 Å². The highest BCUT2D eigenvalue weighted by atomic mass is 19.1. The van der Waals surface area contributed by atoms with E-state index in [-0.39, 0.29) is 17.1 Å². The molecule has 0 amide bonds. The number of fused-ring (bicyclic) bond motifs is 1. The standard InChI is InChI=1S/C17H12FNO2/c1-10-2-5-16(14-3-4-15(20)17(10)14)21-13-7-11(9-19)6-12(18)8-13/h2,5-8H,3-4H2,1H3. The van der Waals surface area contributed by atoms with Gasteiger partial charge in [-0.05, 0) is 37.1 Å². The van der Waals surface area contributed by atoms with Crippen molar-refractivity contribution in [1.82, 2.24) is 0 Å². The van der Waals surface area contributed by atoms with E-state index in [0.29, 0.717) is 24.2 Å². The van der Waals surface area contributed by atoms with Gasteiger partial charge in [-0.25, -0.2) is 4.39 Å². The average Bonchev–Trinajstić information content (AvgIpc) is 2.84. The van der Waals surface area contributed by atoms with Crippen LogP contribution in [-0.2, 0) is 6.42 Å². The molecule has 4 heteroatoms. The minimum Gasteiger partial charge on any atom is -0.457 e. The molecule has 3 rings (SSSR count). The number of rotatable bonds is 2. The molecular formula is C17H12FNO2. The molecule has 0 aromatic heterocycles. The number of ketones is 1. The van der Waals surface area contributed by atoms with Gasteiger partial charge in [0.1, 0.15) is 17.3 Å². The van der Waals surface area contributed by atoms with Crippen LogP contribution in [0.1, 0.15) is 33.5 Å². The Labute approximate surface area is 121 Å². The molecule has 2 aromatic carbocycles. The summed E-state index contributed by atoms with van der Waals surface area (Å²) >= 11 is 0. The topological polar surface area (TPSA) is 50.1 Å². The second-order valence-electron chi connectivity index (χ2n) is 5.05. The predicted octanol–water partition coefficient (Wildman–Crippen LogP) is 3.93. The van der Waals surface area contributed by atoms with E-state index in [2.05, 4.69) is 0 Å². The zero-order valence-electron chi connectivity index (χ0n) is 11.4. The summed E-state index contributed by atoms with van der Waals surface area (Å²) in [5.74, 6) is 0.404. The van der Waals surface area contributed by atoms with Crippen LogP contribution in [0.15, 0.2) is 30.3 Å². The van der Waals surface area contributed by atoms with E-state index in [0.717, 1.165) is 17.2 Å². The number of carbonyl (C=O) groups is 1. The number of hydrogen-bond donors (Lipinski definition) is 0. The van der Waals surface area contributed by atoms with E-state index in [4.69, 9.17) is 10.00 Å². The summed E-state index contributed by atoms with van der Waals surface area (Å²) in [5.41, 5.74) is 2.70. The van der Waals surface area contributed by atoms with Gasteiger partial charge in [-0.3, -0.25) is 4.79 Å². The molecule has 0 fully saturated rings. The predicted molar refractivity (Wildman–Crippen MR) is 75.0 cm³/mol. The van der Waals surface area contributed by atoms with Crippen molar-refractivity contribution in [2.45, 2.75) is 19.8 Å². The number of nitriles is 1. The third-order valence-electron chi connectivity index (χ3n) is 3.59. The number of ether oxygens (including phenoxy) is 1. The first-order valence-corrected chi connectivity index (χ1v) is 6.62. The molecule has 0 spiro atoms. The van der Waals surface area contributed by atoms with Crippen molar-refractivity contribution in [3.05, 3.63) is 58.4 Å². The normalized spacial score (nSPS) is 12.9. The summed E-state index contributed by atoms with van der Waals surface area (Å²) in [5, 5.41) is 8.86. The lowest BCUT2D eigenvalue weighted by Gasteiger charge is -2.12. The lowest BCUT2D eigenvalue weighted by molar-refractivity contribution is 0.0994. The highest BCUT2D eigenvalue weighted by Gasteiger charge is 2.25. The Morgan fingerprint density at radius 3 is 2.81 bits per heavy atom. The maximum Gasteiger partial charge on any atom is 0.163 e. The van der Waals surface area contributed by atoms with Gasteiger partial charge < -0.3 is 4.74 Å². The van der Waals surface area contributed by atoms with E-state index in [1.165, 1.54) is 12.1 Å². The van der Waals surface area contributed by atoms with Gasteiger partial charge in [0.25, 0.3) is 0 Å². The molecule has 3 nitrogen and oxygen atoms in total. The Balaban J connectivity index is 2.03. The van der Waals surface area contributed by atoms with Gasteiger partial charge in [0, 0.05) is 23.6 Å². The molecule has 21 heavy (non-hydrogen) atoms. The van der Waals surface area contributed by atoms with Crippen LogP contribution in [0, 0.1) is 24.1 Å². The number of Topliss-reactive ketones (excluding diaryl/α,β-unsaturated/α-hetero) is 1. The Bertz CT molecular complexity index is 790. The summed E-state index contributed by atoms with van der Waals surface area (Å²) in [6.45, 7) is 1.89. The Hall–Kier alpha value is -2.67. The quantitative estimate of drug-likeness (QED) is 0.838. The molecule has 0 N–H and O–H groups in total. The van der Waals surface area contributed by atoms with Crippen molar-refractivity contribution in [3.8, 4) is 17.6 Å². The van der Waals surface area contributed by atoms with Crippen LogP contribution in [0.4, 0.5) is 4.39 Å². The highest BCUT2D eigenvalue weighted by Crippen LogP contribution is 2.35. The average molecular weight is 281 g/mol. The first-order valence-electron chi connectivity index (χ1n) is 6.62. The molecule has 1 aliphatic rings. The largest absolute Gasteiger partial charge is 0.457 e. The van der Waals surface area contributed by atoms with Crippen molar-refractivity contribution in [1.29, 1.82) is 5.26 Å². The second-order valence-corrected chi connectivity index (χ2v) is 5.05. The molecule has 0 atom stereocenters. The molecule has 0 unspecified atom stereocenters. The number of nitrogens with zero attached hydrogens (tertiary/aromatic N) is 1. The fourth-order valence-electron chi connectivity index (χ4n) is 2.65. The summed E-state index contributed by atoms with van der Waals surface area (Å²) in [4.78, 5) is 11.9. The monoisotopic (exact) mass is 281 g/mol. The van der Waals surface area contributed by atoms with Crippen LogP contribution >= 0.6 is 0 Å². The molecule has 0 radical (unpaired) electrons. The summed E-state index contributed by atoms with van der Waals surface area (Å²) in [6.07, 6.45) is 1.11. The second kappa shape index (κ2) is 5.02. The minimum absolute atomic E-state index is 0.116. The first-order chi connectivity index (χ1) is 10.1. The van der Waals surface area contributed by atoms with Crippen LogP contribution in [0.25, 0.3) is 0 Å². The van der Waals surface area contributed by atoms with Gasteiger partial charge in [-0.1, -0.05) is 6.07 Å². The van der Waals surface area contributed by atoms with E-state index < -0.39 is 5.82 Å². The molecule has 0 saturated carbocycles. The number of carbonyl (C=O) groups excluding carboxylic acids is 1. The smallest absolute Gasteiger partial charge is 0.163 e. The molecule has 1 aliphatic carbocycles. The van der Waals surface area contributed by atoms with Crippen molar-refractivity contribution in [2.24, 2.45) is 0 Å². The van der Waals surface area contributed by atoms with E-state index in [1.54, 1.807) is 6.07 Å². The fraction of sp³-hybridized carbons (Fsp3) is 0.176. The number of aryl methyl sites for hydroxylation is 1. The highest BCUT2D eigenvalue weighted by molar-refractivity contribution is 6.02. The SMILES string of the molecule is Cc1ccc(Oc2cc(F)cc(C#N)c2)c2c1C(=O)CC2.